The lowest BCUT2D eigenvalue weighted by molar-refractivity contribution is -0.158. The van der Waals surface area contributed by atoms with E-state index in [9.17, 15) is 14.4 Å². The zero-order valence-corrected chi connectivity index (χ0v) is 15.4. The Hall–Kier alpha value is -3.06. The first-order chi connectivity index (χ1) is 13.0. The van der Waals surface area contributed by atoms with Crippen molar-refractivity contribution < 1.29 is 23.9 Å². The fourth-order valence-corrected chi connectivity index (χ4v) is 2.25. The molecular weight excluding hydrogens is 372 g/mol. The van der Waals surface area contributed by atoms with E-state index in [2.05, 4.69) is 10.6 Å². The van der Waals surface area contributed by atoms with E-state index in [0.717, 1.165) is 0 Å². The minimum Gasteiger partial charge on any atom is -0.482 e. The van der Waals surface area contributed by atoms with Gasteiger partial charge in [-0.3, -0.25) is 10.1 Å². The summed E-state index contributed by atoms with van der Waals surface area (Å²) in [6, 6.07) is 14.2. The standard InChI is InChI=1S/C19H19ClN2O5/c1-2-21-19(25)22-18(24)17(13-6-4-3-5-7-13)27-16(23)12-26-15-10-8-14(20)9-11-15/h3-11,17H,2,12H2,1H3,(H2,21,22,24,25). The number of nitrogens with one attached hydrogen (secondary N) is 2. The van der Waals surface area contributed by atoms with Gasteiger partial charge < -0.3 is 14.8 Å². The smallest absolute Gasteiger partial charge is 0.345 e. The molecule has 0 aliphatic rings. The maximum Gasteiger partial charge on any atom is 0.345 e. The summed E-state index contributed by atoms with van der Waals surface area (Å²) in [6.45, 7) is 1.66. The molecule has 0 heterocycles. The Labute approximate surface area is 161 Å². The molecule has 27 heavy (non-hydrogen) atoms. The van der Waals surface area contributed by atoms with E-state index in [1.165, 1.54) is 0 Å². The highest BCUT2D eigenvalue weighted by Crippen LogP contribution is 2.19. The molecule has 7 nitrogen and oxygen atoms in total. The van der Waals surface area contributed by atoms with E-state index < -0.39 is 30.6 Å². The molecule has 0 aliphatic heterocycles. The Kier molecular flexibility index (Phi) is 7.63. The van der Waals surface area contributed by atoms with Crippen molar-refractivity contribution in [2.45, 2.75) is 13.0 Å². The van der Waals surface area contributed by atoms with E-state index >= 15 is 0 Å². The van der Waals surface area contributed by atoms with Gasteiger partial charge in [0.1, 0.15) is 5.75 Å². The number of amides is 3. The Balaban J connectivity index is 2.02. The molecule has 0 radical (unpaired) electrons. The number of esters is 1. The number of ether oxygens (including phenoxy) is 2. The van der Waals surface area contributed by atoms with Gasteiger partial charge in [-0.1, -0.05) is 41.9 Å². The molecule has 3 amide bonds. The molecule has 2 rings (SSSR count). The largest absolute Gasteiger partial charge is 0.482 e. The number of imide groups is 1. The summed E-state index contributed by atoms with van der Waals surface area (Å²) in [5.74, 6) is -1.09. The zero-order chi connectivity index (χ0) is 19.6. The molecule has 0 aliphatic carbocycles. The zero-order valence-electron chi connectivity index (χ0n) is 14.6. The molecule has 8 heteroatoms. The first kappa shape index (κ1) is 20.3. The van der Waals surface area contributed by atoms with Crippen molar-refractivity contribution >= 4 is 29.5 Å². The van der Waals surface area contributed by atoms with Crippen LogP contribution in [0.2, 0.25) is 5.02 Å². The molecule has 2 aromatic rings. The number of benzene rings is 2. The lowest BCUT2D eigenvalue weighted by Crippen LogP contribution is -2.42. The molecular formula is C19H19ClN2O5. The van der Waals surface area contributed by atoms with Gasteiger partial charge in [0, 0.05) is 17.1 Å². The molecule has 1 atom stereocenters. The van der Waals surface area contributed by atoms with Crippen LogP contribution in [-0.2, 0) is 14.3 Å². The van der Waals surface area contributed by atoms with Gasteiger partial charge in [0.05, 0.1) is 0 Å². The second kappa shape index (κ2) is 10.2. The highest BCUT2D eigenvalue weighted by Gasteiger charge is 2.26. The Bertz CT molecular complexity index is 780. The topological polar surface area (TPSA) is 93.7 Å². The van der Waals surface area contributed by atoms with Gasteiger partial charge in [-0.2, -0.15) is 0 Å². The summed E-state index contributed by atoms with van der Waals surface area (Å²) >= 11 is 5.79. The van der Waals surface area contributed by atoms with Gasteiger partial charge in [-0.05, 0) is 31.2 Å². The van der Waals surface area contributed by atoms with Crippen molar-refractivity contribution in [3.63, 3.8) is 0 Å². The van der Waals surface area contributed by atoms with Crippen LogP contribution >= 0.6 is 11.6 Å². The molecule has 0 aromatic heterocycles. The summed E-state index contributed by atoms with van der Waals surface area (Å²) in [7, 11) is 0. The van der Waals surface area contributed by atoms with Crippen LogP contribution in [0.15, 0.2) is 54.6 Å². The van der Waals surface area contributed by atoms with Crippen molar-refractivity contribution in [1.29, 1.82) is 0 Å². The molecule has 0 fully saturated rings. The van der Waals surface area contributed by atoms with E-state index in [1.54, 1.807) is 61.5 Å². The molecule has 1 unspecified atom stereocenters. The van der Waals surface area contributed by atoms with Crippen LogP contribution in [0.25, 0.3) is 0 Å². The summed E-state index contributed by atoms with van der Waals surface area (Å²) in [6.07, 6.45) is -1.28. The SMILES string of the molecule is CCNC(=O)NC(=O)C(OC(=O)COc1ccc(Cl)cc1)c1ccccc1. The van der Waals surface area contributed by atoms with Crippen LogP contribution < -0.4 is 15.4 Å². The van der Waals surface area contributed by atoms with Gasteiger partial charge >= 0.3 is 12.0 Å². The lowest BCUT2D eigenvalue weighted by atomic mass is 10.1. The van der Waals surface area contributed by atoms with E-state index in [1.807, 2.05) is 0 Å². The minimum absolute atomic E-state index is 0.351. The van der Waals surface area contributed by atoms with E-state index in [0.29, 0.717) is 22.9 Å². The highest BCUT2D eigenvalue weighted by molar-refractivity contribution is 6.30. The van der Waals surface area contributed by atoms with Crippen molar-refractivity contribution in [3.05, 3.63) is 65.2 Å². The summed E-state index contributed by atoms with van der Waals surface area (Å²) in [4.78, 5) is 36.1. The van der Waals surface area contributed by atoms with Gasteiger partial charge in [0.2, 0.25) is 6.10 Å². The molecule has 142 valence electrons. The number of carbonyl (C=O) groups excluding carboxylic acids is 3. The third-order valence-electron chi connectivity index (χ3n) is 3.33. The lowest BCUT2D eigenvalue weighted by Gasteiger charge is -2.18. The molecule has 0 bridgehead atoms. The first-order valence-corrected chi connectivity index (χ1v) is 8.59. The number of carbonyl (C=O) groups is 3. The third-order valence-corrected chi connectivity index (χ3v) is 3.59. The van der Waals surface area contributed by atoms with Crippen LogP contribution in [-0.4, -0.2) is 31.1 Å². The van der Waals surface area contributed by atoms with Crippen LogP contribution in [0.3, 0.4) is 0 Å². The summed E-state index contributed by atoms with van der Waals surface area (Å²) in [5.41, 5.74) is 0.430. The third kappa shape index (κ3) is 6.63. The van der Waals surface area contributed by atoms with Crippen LogP contribution in [0.4, 0.5) is 4.79 Å². The predicted molar refractivity (Wildman–Crippen MR) is 99.4 cm³/mol. The minimum atomic E-state index is -1.28. The quantitative estimate of drug-likeness (QED) is 0.709. The first-order valence-electron chi connectivity index (χ1n) is 8.21. The van der Waals surface area contributed by atoms with Gasteiger partial charge in [0.25, 0.3) is 5.91 Å². The average Bonchev–Trinajstić information content (AvgIpc) is 2.66. The molecule has 0 saturated heterocycles. The van der Waals surface area contributed by atoms with Crippen molar-refractivity contribution in [2.75, 3.05) is 13.2 Å². The molecule has 2 N–H and O–H groups in total. The van der Waals surface area contributed by atoms with Crippen LogP contribution in [0.1, 0.15) is 18.6 Å². The summed E-state index contributed by atoms with van der Waals surface area (Å²) < 4.78 is 10.6. The van der Waals surface area contributed by atoms with Crippen molar-refractivity contribution in [2.24, 2.45) is 0 Å². The second-order valence-corrected chi connectivity index (χ2v) is 5.81. The van der Waals surface area contributed by atoms with Gasteiger partial charge in [0.15, 0.2) is 6.61 Å². The monoisotopic (exact) mass is 390 g/mol. The predicted octanol–water partition coefficient (Wildman–Crippen LogP) is 2.85. The fourth-order valence-electron chi connectivity index (χ4n) is 2.12. The average molecular weight is 391 g/mol. The Morgan fingerprint density at radius 1 is 1.04 bits per heavy atom. The normalized spacial score (nSPS) is 11.2. The van der Waals surface area contributed by atoms with Gasteiger partial charge in [-0.15, -0.1) is 0 Å². The molecule has 0 saturated carbocycles. The van der Waals surface area contributed by atoms with E-state index in [-0.39, 0.29) is 0 Å². The fraction of sp³-hybridized carbons (Fsp3) is 0.211. The maximum atomic E-state index is 12.4. The number of rotatable bonds is 7. The Morgan fingerprint density at radius 3 is 2.33 bits per heavy atom. The Morgan fingerprint density at radius 2 is 1.70 bits per heavy atom. The van der Waals surface area contributed by atoms with E-state index in [4.69, 9.17) is 21.1 Å². The van der Waals surface area contributed by atoms with Crippen molar-refractivity contribution in [1.82, 2.24) is 10.6 Å². The van der Waals surface area contributed by atoms with Crippen molar-refractivity contribution in [3.8, 4) is 5.75 Å². The van der Waals surface area contributed by atoms with Gasteiger partial charge in [-0.25, -0.2) is 9.59 Å². The number of halogens is 1. The summed E-state index contributed by atoms with van der Waals surface area (Å²) in [5, 5.41) is 5.12. The second-order valence-electron chi connectivity index (χ2n) is 5.37. The molecule has 2 aromatic carbocycles. The molecule has 0 spiro atoms. The number of urea groups is 1. The number of hydrogen-bond donors (Lipinski definition) is 2. The maximum absolute atomic E-state index is 12.4. The van der Waals surface area contributed by atoms with Crippen LogP contribution in [0.5, 0.6) is 5.75 Å². The van der Waals surface area contributed by atoms with Crippen LogP contribution in [0, 0.1) is 0 Å². The highest BCUT2D eigenvalue weighted by atomic mass is 35.5. The number of hydrogen-bond acceptors (Lipinski definition) is 5.